The van der Waals surface area contributed by atoms with Crippen LogP contribution >= 0.6 is 0 Å². The van der Waals surface area contributed by atoms with E-state index in [0.29, 0.717) is 70.2 Å². The third-order valence-electron chi connectivity index (χ3n) is 14.4. The molecule has 2 aromatic carbocycles. The molecule has 6 heterocycles. The second-order valence-electron chi connectivity index (χ2n) is 18.7. The van der Waals surface area contributed by atoms with Crippen molar-refractivity contribution in [2.45, 2.75) is 89.4 Å². The average Bonchev–Trinajstić information content (AvgIpc) is 4.15. The first-order chi connectivity index (χ1) is 30.8. The van der Waals surface area contributed by atoms with Crippen molar-refractivity contribution >= 4 is 40.1 Å². The minimum Gasteiger partial charge on any atom is -0.483 e. The van der Waals surface area contributed by atoms with Crippen LogP contribution in [0.25, 0.3) is 55.8 Å². The van der Waals surface area contributed by atoms with Crippen LogP contribution in [0.1, 0.15) is 77.9 Å². The summed E-state index contributed by atoms with van der Waals surface area (Å²) in [4.78, 5) is 71.1. The highest BCUT2D eigenvalue weighted by atomic mass is 16.5. The second-order valence-corrected chi connectivity index (χ2v) is 18.7. The molecule has 0 radical (unpaired) electrons. The molecular weight excluding hydrogens is 817 g/mol. The van der Waals surface area contributed by atoms with Crippen LogP contribution in [0.2, 0.25) is 0 Å². The van der Waals surface area contributed by atoms with Gasteiger partial charge in [0.1, 0.15) is 45.8 Å². The molecule has 64 heavy (non-hydrogen) atoms. The van der Waals surface area contributed by atoms with Crippen molar-refractivity contribution in [2.24, 2.45) is 23.7 Å². The minimum atomic E-state index is -0.731. The van der Waals surface area contributed by atoms with E-state index in [1.165, 1.54) is 19.9 Å². The van der Waals surface area contributed by atoms with E-state index in [0.717, 1.165) is 66.6 Å². The normalized spacial score (nSPS) is 23.4. The first-order valence-electron chi connectivity index (χ1n) is 22.2. The molecule has 4 fully saturated rings. The lowest BCUT2D eigenvalue weighted by Gasteiger charge is -2.40. The maximum atomic E-state index is 14.2. The van der Waals surface area contributed by atoms with Gasteiger partial charge in [0.25, 0.3) is 0 Å². The quantitative estimate of drug-likeness (QED) is 0.0850. The number of nitrogens with one attached hydrogen (secondary N) is 4. The number of likely N-dealkylation sites (tertiary alicyclic amines) is 2. The number of aromatic nitrogens is 6. The van der Waals surface area contributed by atoms with E-state index in [1.54, 1.807) is 7.11 Å². The fourth-order valence-corrected chi connectivity index (χ4v) is 11.1. The van der Waals surface area contributed by atoms with Crippen LogP contribution in [-0.4, -0.2) is 97.0 Å². The Morgan fingerprint density at radius 3 is 1.59 bits per heavy atom. The van der Waals surface area contributed by atoms with Crippen LogP contribution in [0.3, 0.4) is 0 Å². The van der Waals surface area contributed by atoms with Gasteiger partial charge in [0, 0.05) is 47.7 Å². The van der Waals surface area contributed by atoms with Crippen molar-refractivity contribution in [2.75, 3.05) is 27.3 Å². The number of methoxy groups -OCH3 is 2. The van der Waals surface area contributed by atoms with Crippen molar-refractivity contribution in [3.05, 3.63) is 73.6 Å². The summed E-state index contributed by atoms with van der Waals surface area (Å²) >= 11 is 0. The van der Waals surface area contributed by atoms with Gasteiger partial charge in [-0.25, -0.2) is 24.7 Å². The fourth-order valence-electron chi connectivity index (χ4n) is 11.1. The Morgan fingerprint density at radius 1 is 0.719 bits per heavy atom. The molecule has 334 valence electrons. The number of fused-ring (bicyclic) bond motifs is 6. The van der Waals surface area contributed by atoms with Crippen LogP contribution < -0.4 is 10.6 Å². The topological polar surface area (TPSA) is 210 Å². The lowest BCUT2D eigenvalue weighted by Crippen LogP contribution is -2.56. The molecule has 2 aliphatic carbocycles. The smallest absolute Gasteiger partial charge is 0.407 e. The Labute approximate surface area is 369 Å². The van der Waals surface area contributed by atoms with Gasteiger partial charge in [-0.2, -0.15) is 0 Å². The maximum Gasteiger partial charge on any atom is 0.407 e. The summed E-state index contributed by atoms with van der Waals surface area (Å²) in [6.45, 7) is 13.0. The standard InChI is InChI=1S/C47H54N10O7/c1-24(2)35(52-26(5)61-6)41(58)56-20-27-12-14-46(56,16-27)43-48-18-33(53-43)31-10-8-29(37-39(31)63-22-50-37)30-9-11-32(40-38(30)51-23-64-40)34-19-49-44(54-34)47-15-13-28(17-47)21-57(47)42(59)36(25(3)4)55-45(60)62-7/h8-11,18-19,22-25,27-28,35-36,52H,5,12-17,20-21H2,1-4,6-7H3,(H,48,53)(H,49,54)(H,55,60)/t27-,28-,35+,36+,46+,47+/m1/s1. The largest absolute Gasteiger partial charge is 0.483 e. The number of oxazole rings is 2. The average molecular weight is 871 g/mol. The predicted molar refractivity (Wildman–Crippen MR) is 236 cm³/mol. The summed E-state index contributed by atoms with van der Waals surface area (Å²) in [5, 5.41) is 5.95. The van der Waals surface area contributed by atoms with Crippen LogP contribution in [0, 0.1) is 23.7 Å². The number of nitrogens with zero attached hydrogens (tertiary/aromatic N) is 6. The summed E-state index contributed by atoms with van der Waals surface area (Å²) in [7, 11) is 2.84. The lowest BCUT2D eigenvalue weighted by atomic mass is 9.93. The summed E-state index contributed by atoms with van der Waals surface area (Å²) in [6.07, 6.45) is 11.2. The molecule has 2 saturated heterocycles. The van der Waals surface area contributed by atoms with E-state index in [1.807, 2.05) is 74.2 Å². The molecule has 6 atom stereocenters. The first-order valence-corrected chi connectivity index (χ1v) is 22.2. The summed E-state index contributed by atoms with van der Waals surface area (Å²) < 4.78 is 22.3. The number of piperidine rings is 2. The third-order valence-corrected chi connectivity index (χ3v) is 14.4. The molecule has 2 aliphatic heterocycles. The molecule has 4 N–H and O–H groups in total. The SMILES string of the molecule is C=C(N[C@H](C(=O)N1C[C@@H]2CC[C@@]1(c1nc(-c3ccc(-c4ccc(-c5c[nH]c([C@@]67CC[C@@H](CN6C(=O)[C@@H](NC(=O)OC)C(C)C)C7)n5)c5ocnc45)c4ncoc34)c[nH]1)C2)C(C)C)OC. The van der Waals surface area contributed by atoms with Crippen molar-refractivity contribution in [3.8, 4) is 33.6 Å². The molecule has 17 heteroatoms. The third kappa shape index (κ3) is 6.44. The van der Waals surface area contributed by atoms with Gasteiger partial charge in [-0.05, 0) is 80.9 Å². The number of alkyl carbamates (subject to hydrolysis) is 1. The zero-order valence-electron chi connectivity index (χ0n) is 37.0. The monoisotopic (exact) mass is 870 g/mol. The van der Waals surface area contributed by atoms with Gasteiger partial charge >= 0.3 is 6.09 Å². The predicted octanol–water partition coefficient (Wildman–Crippen LogP) is 7.20. The molecule has 4 aliphatic rings. The Balaban J connectivity index is 0.942. The van der Waals surface area contributed by atoms with Crippen LogP contribution in [0.4, 0.5) is 4.79 Å². The maximum absolute atomic E-state index is 14.2. The number of H-pyrrole nitrogens is 2. The number of aromatic amines is 2. The molecule has 4 aromatic heterocycles. The van der Waals surface area contributed by atoms with Gasteiger partial charge in [-0.15, -0.1) is 0 Å². The number of rotatable bonds is 13. The van der Waals surface area contributed by atoms with Gasteiger partial charge in [-0.3, -0.25) is 9.59 Å². The Morgan fingerprint density at radius 2 is 1.17 bits per heavy atom. The Bertz CT molecular complexity index is 2610. The number of imidazole rings is 2. The van der Waals surface area contributed by atoms with Crippen molar-refractivity contribution in [1.82, 2.24) is 50.3 Å². The van der Waals surface area contributed by atoms with Crippen molar-refractivity contribution in [1.29, 1.82) is 0 Å². The first kappa shape index (κ1) is 41.4. The number of hydrogen-bond donors (Lipinski definition) is 4. The number of hydrogen-bond acceptors (Lipinski definition) is 12. The molecular formula is C47H54N10O7. The van der Waals surface area contributed by atoms with Crippen molar-refractivity contribution < 1.29 is 32.7 Å². The van der Waals surface area contributed by atoms with Gasteiger partial charge in [0.15, 0.2) is 29.8 Å². The number of carbonyl (C=O) groups excluding carboxylic acids is 3. The van der Waals surface area contributed by atoms with E-state index >= 15 is 0 Å². The van der Waals surface area contributed by atoms with Crippen LogP contribution in [-0.2, 0) is 30.1 Å². The van der Waals surface area contributed by atoms with Gasteiger partial charge in [0.2, 0.25) is 11.8 Å². The Kier molecular flexibility index (Phi) is 10.1. The molecule has 3 amide bonds. The van der Waals surface area contributed by atoms with E-state index in [4.69, 9.17) is 28.3 Å². The summed E-state index contributed by atoms with van der Waals surface area (Å²) in [6, 6.07) is 6.73. The van der Waals surface area contributed by atoms with Gasteiger partial charge in [0.05, 0.1) is 25.6 Å². The highest BCUT2D eigenvalue weighted by Crippen LogP contribution is 2.54. The highest BCUT2D eigenvalue weighted by Gasteiger charge is 2.58. The van der Waals surface area contributed by atoms with Crippen LogP contribution in [0.5, 0.6) is 0 Å². The molecule has 4 bridgehead atoms. The lowest BCUT2D eigenvalue weighted by molar-refractivity contribution is -0.141. The van der Waals surface area contributed by atoms with E-state index in [-0.39, 0.29) is 23.7 Å². The van der Waals surface area contributed by atoms with Crippen molar-refractivity contribution in [3.63, 3.8) is 0 Å². The zero-order valence-corrected chi connectivity index (χ0v) is 37.0. The zero-order chi connectivity index (χ0) is 44.7. The van der Waals surface area contributed by atoms with Crippen LogP contribution in [0.15, 0.2) is 70.7 Å². The van der Waals surface area contributed by atoms with E-state index in [9.17, 15) is 14.4 Å². The van der Waals surface area contributed by atoms with E-state index < -0.39 is 29.3 Å². The molecule has 17 nitrogen and oxygen atoms in total. The highest BCUT2D eigenvalue weighted by molar-refractivity contribution is 6.06. The summed E-state index contributed by atoms with van der Waals surface area (Å²) in [5.41, 5.74) is 5.72. The van der Waals surface area contributed by atoms with Gasteiger partial charge < -0.3 is 48.7 Å². The number of carbonyl (C=O) groups is 3. The number of benzene rings is 2. The fraction of sp³-hybridized carbons (Fsp3) is 0.468. The Hall–Kier alpha value is -6.65. The van der Waals surface area contributed by atoms with E-state index in [2.05, 4.69) is 37.1 Å². The second kappa shape index (κ2) is 15.6. The molecule has 0 unspecified atom stereocenters. The van der Waals surface area contributed by atoms with Gasteiger partial charge in [-0.1, -0.05) is 39.8 Å². The molecule has 0 spiro atoms. The minimum absolute atomic E-state index is 0.0122. The number of amides is 3. The molecule has 10 rings (SSSR count). The summed E-state index contributed by atoms with van der Waals surface area (Å²) in [5.74, 6) is 2.31. The molecule has 6 aromatic rings. The molecule has 2 saturated carbocycles. The number of ether oxygens (including phenoxy) is 2.